The molecule has 0 unspecified atom stereocenters. The highest BCUT2D eigenvalue weighted by molar-refractivity contribution is 7.91. The number of benzene rings is 1. The number of hydrogen-bond donors (Lipinski definition) is 0. The van der Waals surface area contributed by atoms with Gasteiger partial charge in [-0.3, -0.25) is 0 Å². The van der Waals surface area contributed by atoms with Crippen LogP contribution in [0, 0.1) is 11.3 Å². The monoisotopic (exact) mass is 209 g/mol. The van der Waals surface area contributed by atoms with E-state index >= 15 is 0 Å². The SMILES string of the molecule is N#CCCCS(=O)(=O)c1ccccc1. The molecule has 0 fully saturated rings. The summed E-state index contributed by atoms with van der Waals surface area (Å²) in [6.07, 6.45) is 0.680. The minimum absolute atomic E-state index is 0.0462. The minimum atomic E-state index is -3.18. The van der Waals surface area contributed by atoms with Gasteiger partial charge >= 0.3 is 0 Å². The average molecular weight is 209 g/mol. The van der Waals surface area contributed by atoms with Gasteiger partial charge in [-0.2, -0.15) is 5.26 Å². The maximum absolute atomic E-state index is 11.6. The van der Waals surface area contributed by atoms with Crippen molar-refractivity contribution in [3.63, 3.8) is 0 Å². The number of sulfone groups is 1. The van der Waals surface area contributed by atoms with Gasteiger partial charge in [0.15, 0.2) is 9.84 Å². The molecular formula is C10H11NO2S. The fourth-order valence-corrected chi connectivity index (χ4v) is 2.42. The lowest BCUT2D eigenvalue weighted by Crippen LogP contribution is -2.06. The number of hydrogen-bond acceptors (Lipinski definition) is 3. The topological polar surface area (TPSA) is 57.9 Å². The molecule has 0 aliphatic carbocycles. The van der Waals surface area contributed by atoms with E-state index in [-0.39, 0.29) is 12.2 Å². The van der Waals surface area contributed by atoms with Crippen LogP contribution in [0.5, 0.6) is 0 Å². The summed E-state index contributed by atoms with van der Waals surface area (Å²) in [6, 6.07) is 10.2. The molecule has 1 rings (SSSR count). The summed E-state index contributed by atoms with van der Waals surface area (Å²) < 4.78 is 23.2. The second kappa shape index (κ2) is 4.77. The quantitative estimate of drug-likeness (QED) is 0.710. The molecule has 0 saturated carbocycles. The zero-order valence-corrected chi connectivity index (χ0v) is 8.50. The Kier molecular flexibility index (Phi) is 3.66. The van der Waals surface area contributed by atoms with E-state index in [4.69, 9.17) is 5.26 Å². The van der Waals surface area contributed by atoms with Gasteiger partial charge in [0, 0.05) is 6.42 Å². The summed E-state index contributed by atoms with van der Waals surface area (Å²) in [5, 5.41) is 8.29. The summed E-state index contributed by atoms with van der Waals surface area (Å²) in [4.78, 5) is 0.331. The van der Waals surface area contributed by atoms with Crippen LogP contribution in [-0.4, -0.2) is 14.2 Å². The molecule has 1 aromatic rings. The number of unbranched alkanes of at least 4 members (excludes halogenated alkanes) is 1. The van der Waals surface area contributed by atoms with E-state index in [9.17, 15) is 8.42 Å². The molecule has 0 atom stereocenters. The van der Waals surface area contributed by atoms with Crippen molar-refractivity contribution in [3.8, 4) is 6.07 Å². The molecule has 4 heteroatoms. The predicted molar refractivity (Wildman–Crippen MR) is 53.3 cm³/mol. The van der Waals surface area contributed by atoms with Crippen LogP contribution in [0.15, 0.2) is 35.2 Å². The summed E-state index contributed by atoms with van der Waals surface area (Å²) in [5.74, 6) is 0.0462. The number of rotatable bonds is 4. The Labute approximate surface area is 83.9 Å². The van der Waals surface area contributed by atoms with E-state index < -0.39 is 9.84 Å². The smallest absolute Gasteiger partial charge is 0.178 e. The molecule has 0 N–H and O–H groups in total. The van der Waals surface area contributed by atoms with Gasteiger partial charge in [-0.1, -0.05) is 18.2 Å². The Bertz CT molecular complexity index is 417. The molecule has 0 bridgehead atoms. The van der Waals surface area contributed by atoms with Gasteiger partial charge in [-0.05, 0) is 18.6 Å². The van der Waals surface area contributed by atoms with E-state index in [1.807, 2.05) is 6.07 Å². The highest BCUT2D eigenvalue weighted by Crippen LogP contribution is 2.11. The molecule has 0 aliphatic rings. The molecule has 0 heterocycles. The van der Waals surface area contributed by atoms with Gasteiger partial charge in [-0.15, -0.1) is 0 Å². The molecular weight excluding hydrogens is 198 g/mol. The molecule has 0 aromatic heterocycles. The highest BCUT2D eigenvalue weighted by Gasteiger charge is 2.12. The standard InChI is InChI=1S/C10H11NO2S/c11-8-4-5-9-14(12,13)10-6-2-1-3-7-10/h1-3,6-7H,4-5,9H2. The molecule has 14 heavy (non-hydrogen) atoms. The van der Waals surface area contributed by atoms with Crippen LogP contribution >= 0.6 is 0 Å². The first-order valence-corrected chi connectivity index (χ1v) is 5.97. The van der Waals surface area contributed by atoms with Gasteiger partial charge in [0.25, 0.3) is 0 Å². The largest absolute Gasteiger partial charge is 0.224 e. The Hall–Kier alpha value is -1.34. The molecule has 0 saturated heterocycles. The Balaban J connectivity index is 2.73. The molecule has 0 aliphatic heterocycles. The van der Waals surface area contributed by atoms with Gasteiger partial charge in [0.05, 0.1) is 16.7 Å². The van der Waals surface area contributed by atoms with Gasteiger partial charge in [0.2, 0.25) is 0 Å². The van der Waals surface area contributed by atoms with Crippen molar-refractivity contribution >= 4 is 9.84 Å². The maximum atomic E-state index is 11.6. The summed E-state index contributed by atoms with van der Waals surface area (Å²) in [5.41, 5.74) is 0. The molecule has 3 nitrogen and oxygen atoms in total. The molecule has 74 valence electrons. The Morgan fingerprint density at radius 1 is 1.21 bits per heavy atom. The van der Waals surface area contributed by atoms with E-state index in [2.05, 4.69) is 0 Å². The van der Waals surface area contributed by atoms with Gasteiger partial charge in [-0.25, -0.2) is 8.42 Å². The third-order valence-electron chi connectivity index (χ3n) is 1.80. The minimum Gasteiger partial charge on any atom is -0.224 e. The van der Waals surface area contributed by atoms with Gasteiger partial charge < -0.3 is 0 Å². The molecule has 1 aromatic carbocycles. The van der Waals surface area contributed by atoms with Crippen molar-refractivity contribution in [3.05, 3.63) is 30.3 Å². The lowest BCUT2D eigenvalue weighted by molar-refractivity contribution is 0.593. The first-order valence-electron chi connectivity index (χ1n) is 4.31. The molecule has 0 spiro atoms. The van der Waals surface area contributed by atoms with E-state index in [1.165, 1.54) is 0 Å². The van der Waals surface area contributed by atoms with Crippen molar-refractivity contribution < 1.29 is 8.42 Å². The molecule has 0 amide bonds. The third kappa shape index (κ3) is 2.86. The van der Waals surface area contributed by atoms with Crippen molar-refractivity contribution in [2.45, 2.75) is 17.7 Å². The fraction of sp³-hybridized carbons (Fsp3) is 0.300. The van der Waals surface area contributed by atoms with Crippen LogP contribution in [0.25, 0.3) is 0 Å². The summed E-state index contributed by atoms with van der Waals surface area (Å²) in [7, 11) is -3.18. The fourth-order valence-electron chi connectivity index (χ4n) is 1.09. The van der Waals surface area contributed by atoms with Crippen LogP contribution < -0.4 is 0 Å². The van der Waals surface area contributed by atoms with E-state index in [0.717, 1.165) is 0 Å². The van der Waals surface area contributed by atoms with E-state index in [1.54, 1.807) is 30.3 Å². The van der Waals surface area contributed by atoms with Gasteiger partial charge in [0.1, 0.15) is 0 Å². The third-order valence-corrected chi connectivity index (χ3v) is 3.62. The first-order chi connectivity index (χ1) is 6.67. The lowest BCUT2D eigenvalue weighted by atomic mass is 10.4. The van der Waals surface area contributed by atoms with Crippen LogP contribution in [0.3, 0.4) is 0 Å². The van der Waals surface area contributed by atoms with Crippen LogP contribution in [-0.2, 0) is 9.84 Å². The molecule has 0 radical (unpaired) electrons. The predicted octanol–water partition coefficient (Wildman–Crippen LogP) is 1.76. The normalized spacial score (nSPS) is 10.8. The first kappa shape index (κ1) is 10.7. The zero-order valence-electron chi connectivity index (χ0n) is 7.68. The summed E-state index contributed by atoms with van der Waals surface area (Å²) in [6.45, 7) is 0. The van der Waals surface area contributed by atoms with Crippen molar-refractivity contribution in [2.75, 3.05) is 5.75 Å². The zero-order chi connectivity index (χ0) is 10.4. The van der Waals surface area contributed by atoms with Crippen LogP contribution in [0.2, 0.25) is 0 Å². The Morgan fingerprint density at radius 3 is 2.43 bits per heavy atom. The summed E-state index contributed by atoms with van der Waals surface area (Å²) >= 11 is 0. The lowest BCUT2D eigenvalue weighted by Gasteiger charge is -2.01. The van der Waals surface area contributed by atoms with Crippen molar-refractivity contribution in [1.29, 1.82) is 5.26 Å². The van der Waals surface area contributed by atoms with E-state index in [0.29, 0.717) is 11.3 Å². The second-order valence-corrected chi connectivity index (χ2v) is 5.00. The number of nitriles is 1. The highest BCUT2D eigenvalue weighted by atomic mass is 32.2. The Morgan fingerprint density at radius 2 is 1.86 bits per heavy atom. The van der Waals surface area contributed by atoms with Crippen molar-refractivity contribution in [1.82, 2.24) is 0 Å². The van der Waals surface area contributed by atoms with Crippen LogP contribution in [0.1, 0.15) is 12.8 Å². The van der Waals surface area contributed by atoms with Crippen molar-refractivity contribution in [2.24, 2.45) is 0 Å². The maximum Gasteiger partial charge on any atom is 0.178 e. The second-order valence-electron chi connectivity index (χ2n) is 2.89. The average Bonchev–Trinajstić information content (AvgIpc) is 2.19. The number of nitrogens with zero attached hydrogens (tertiary/aromatic N) is 1. The van der Waals surface area contributed by atoms with Crippen LogP contribution in [0.4, 0.5) is 0 Å².